The van der Waals surface area contributed by atoms with Crippen molar-refractivity contribution in [2.24, 2.45) is 7.05 Å². The highest BCUT2D eigenvalue weighted by molar-refractivity contribution is 5.82. The molecule has 2 nitrogen and oxygen atoms in total. The number of rotatable bonds is 2. The summed E-state index contributed by atoms with van der Waals surface area (Å²) in [5, 5.41) is 1.23. The number of nitrogens with zero attached hydrogens (tertiary/aromatic N) is 1. The molecule has 0 fully saturated rings. The average molecular weight is 175 g/mol. The molecule has 0 saturated carbocycles. The molecule has 68 valence electrons. The second-order valence-electron chi connectivity index (χ2n) is 3.03. The molecule has 2 heteroatoms. The van der Waals surface area contributed by atoms with Crippen LogP contribution in [0.3, 0.4) is 0 Å². The molecular weight excluding hydrogens is 162 g/mol. The van der Waals surface area contributed by atoms with Crippen molar-refractivity contribution in [2.45, 2.75) is 6.92 Å². The summed E-state index contributed by atoms with van der Waals surface area (Å²) < 4.78 is 7.55. The van der Waals surface area contributed by atoms with Gasteiger partial charge >= 0.3 is 0 Å². The van der Waals surface area contributed by atoms with E-state index in [9.17, 15) is 0 Å². The predicted molar refractivity (Wildman–Crippen MR) is 54.1 cm³/mol. The summed E-state index contributed by atoms with van der Waals surface area (Å²) in [6.07, 6.45) is 0. The van der Waals surface area contributed by atoms with Crippen LogP contribution in [0.1, 0.15) is 6.92 Å². The Morgan fingerprint density at radius 2 is 2.08 bits per heavy atom. The van der Waals surface area contributed by atoms with Gasteiger partial charge in [0.15, 0.2) is 5.88 Å². The maximum atomic E-state index is 5.48. The first kappa shape index (κ1) is 8.17. The van der Waals surface area contributed by atoms with Gasteiger partial charge in [0, 0.05) is 18.5 Å². The standard InChI is InChI=1S/C11H13NO/c1-3-13-11-8-9-6-4-5-7-10(9)12(11)2/h4-8H,3H2,1-2H3. The van der Waals surface area contributed by atoms with Crippen molar-refractivity contribution < 1.29 is 4.74 Å². The van der Waals surface area contributed by atoms with Crippen molar-refractivity contribution in [1.29, 1.82) is 0 Å². The molecular formula is C11H13NO. The average Bonchev–Trinajstić information content (AvgIpc) is 2.46. The Balaban J connectivity index is 2.60. The number of aryl methyl sites for hydroxylation is 1. The van der Waals surface area contributed by atoms with Crippen LogP contribution in [0.4, 0.5) is 0 Å². The van der Waals surface area contributed by atoms with E-state index in [1.807, 2.05) is 26.1 Å². The second kappa shape index (κ2) is 3.13. The molecule has 0 bridgehead atoms. The Kier molecular flexibility index (Phi) is 1.97. The summed E-state index contributed by atoms with van der Waals surface area (Å²) in [5.74, 6) is 0.934. The number of benzene rings is 1. The highest BCUT2D eigenvalue weighted by Crippen LogP contribution is 2.23. The number of hydrogen-bond acceptors (Lipinski definition) is 1. The van der Waals surface area contributed by atoms with E-state index < -0.39 is 0 Å². The summed E-state index contributed by atoms with van der Waals surface area (Å²) in [6.45, 7) is 2.71. The molecule has 1 aromatic heterocycles. The topological polar surface area (TPSA) is 14.2 Å². The van der Waals surface area contributed by atoms with Gasteiger partial charge < -0.3 is 9.30 Å². The van der Waals surface area contributed by atoms with Crippen LogP contribution < -0.4 is 4.74 Å². The van der Waals surface area contributed by atoms with Gasteiger partial charge in [-0.3, -0.25) is 0 Å². The van der Waals surface area contributed by atoms with Crippen LogP contribution in [0.2, 0.25) is 0 Å². The molecule has 2 rings (SSSR count). The molecule has 0 aliphatic heterocycles. The molecule has 0 amide bonds. The second-order valence-corrected chi connectivity index (χ2v) is 3.03. The van der Waals surface area contributed by atoms with Gasteiger partial charge in [0.1, 0.15) is 0 Å². The molecule has 2 aromatic rings. The lowest BCUT2D eigenvalue weighted by Crippen LogP contribution is -1.97. The van der Waals surface area contributed by atoms with Gasteiger partial charge in [-0.05, 0) is 13.0 Å². The third kappa shape index (κ3) is 1.28. The highest BCUT2D eigenvalue weighted by atomic mass is 16.5. The number of para-hydroxylation sites is 1. The minimum absolute atomic E-state index is 0.712. The number of ether oxygens (including phenoxy) is 1. The lowest BCUT2D eigenvalue weighted by atomic mass is 10.2. The zero-order valence-corrected chi connectivity index (χ0v) is 7.95. The zero-order valence-electron chi connectivity index (χ0n) is 7.95. The van der Waals surface area contributed by atoms with E-state index in [-0.39, 0.29) is 0 Å². The molecule has 0 radical (unpaired) electrons. The Morgan fingerprint density at radius 1 is 1.31 bits per heavy atom. The van der Waals surface area contributed by atoms with E-state index in [1.54, 1.807) is 0 Å². The van der Waals surface area contributed by atoms with Crippen LogP contribution in [0.15, 0.2) is 30.3 Å². The van der Waals surface area contributed by atoms with Crippen molar-refractivity contribution in [3.63, 3.8) is 0 Å². The largest absolute Gasteiger partial charge is 0.479 e. The smallest absolute Gasteiger partial charge is 0.194 e. The van der Waals surface area contributed by atoms with E-state index in [1.165, 1.54) is 10.9 Å². The molecule has 0 aliphatic rings. The fourth-order valence-electron chi connectivity index (χ4n) is 1.55. The van der Waals surface area contributed by atoms with Crippen LogP contribution in [-0.4, -0.2) is 11.2 Å². The minimum Gasteiger partial charge on any atom is -0.479 e. The SMILES string of the molecule is CCOc1cc2ccccc2n1C. The normalized spacial score (nSPS) is 10.6. The monoisotopic (exact) mass is 175 g/mol. The van der Waals surface area contributed by atoms with Crippen LogP contribution >= 0.6 is 0 Å². The summed E-state index contributed by atoms with van der Waals surface area (Å²) in [5.41, 5.74) is 1.21. The molecule has 0 saturated heterocycles. The maximum Gasteiger partial charge on any atom is 0.194 e. The van der Waals surface area contributed by atoms with Crippen LogP contribution in [0, 0.1) is 0 Å². The molecule has 0 atom stereocenters. The molecule has 0 N–H and O–H groups in total. The van der Waals surface area contributed by atoms with Crippen molar-refractivity contribution in [3.05, 3.63) is 30.3 Å². The number of aromatic nitrogens is 1. The molecule has 1 aromatic carbocycles. The van der Waals surface area contributed by atoms with Gasteiger partial charge in [-0.25, -0.2) is 0 Å². The predicted octanol–water partition coefficient (Wildman–Crippen LogP) is 2.58. The van der Waals surface area contributed by atoms with Gasteiger partial charge in [-0.2, -0.15) is 0 Å². The van der Waals surface area contributed by atoms with E-state index in [0.29, 0.717) is 6.61 Å². The maximum absolute atomic E-state index is 5.48. The van der Waals surface area contributed by atoms with Gasteiger partial charge in [0.25, 0.3) is 0 Å². The van der Waals surface area contributed by atoms with E-state index in [4.69, 9.17) is 4.74 Å². The molecule has 0 unspecified atom stereocenters. The first-order valence-corrected chi connectivity index (χ1v) is 4.50. The molecule has 13 heavy (non-hydrogen) atoms. The number of hydrogen-bond donors (Lipinski definition) is 0. The third-order valence-corrected chi connectivity index (χ3v) is 2.20. The summed E-state index contributed by atoms with van der Waals surface area (Å²) in [7, 11) is 2.02. The van der Waals surface area contributed by atoms with E-state index >= 15 is 0 Å². The number of fused-ring (bicyclic) bond motifs is 1. The molecule has 1 heterocycles. The fraction of sp³-hybridized carbons (Fsp3) is 0.273. The van der Waals surface area contributed by atoms with Crippen molar-refractivity contribution in [2.75, 3.05) is 6.61 Å². The van der Waals surface area contributed by atoms with E-state index in [2.05, 4.69) is 22.8 Å². The zero-order chi connectivity index (χ0) is 9.26. The first-order valence-electron chi connectivity index (χ1n) is 4.50. The highest BCUT2D eigenvalue weighted by Gasteiger charge is 2.03. The van der Waals surface area contributed by atoms with E-state index in [0.717, 1.165) is 5.88 Å². The Bertz CT molecular complexity index is 417. The van der Waals surface area contributed by atoms with Gasteiger partial charge in [-0.15, -0.1) is 0 Å². The lowest BCUT2D eigenvalue weighted by Gasteiger charge is -2.03. The van der Waals surface area contributed by atoms with Crippen LogP contribution in [0.5, 0.6) is 5.88 Å². The van der Waals surface area contributed by atoms with Crippen LogP contribution in [0.25, 0.3) is 10.9 Å². The fourth-order valence-corrected chi connectivity index (χ4v) is 1.55. The van der Waals surface area contributed by atoms with Gasteiger partial charge in [-0.1, -0.05) is 18.2 Å². The van der Waals surface area contributed by atoms with Gasteiger partial charge in [0.2, 0.25) is 0 Å². The minimum atomic E-state index is 0.712. The van der Waals surface area contributed by atoms with Crippen molar-refractivity contribution in [1.82, 2.24) is 4.57 Å². The lowest BCUT2D eigenvalue weighted by molar-refractivity contribution is 0.317. The Labute approximate surface area is 77.7 Å². The quantitative estimate of drug-likeness (QED) is 0.684. The molecule has 0 aliphatic carbocycles. The Hall–Kier alpha value is -1.44. The summed E-state index contributed by atoms with van der Waals surface area (Å²) in [4.78, 5) is 0. The summed E-state index contributed by atoms with van der Waals surface area (Å²) in [6, 6.07) is 10.3. The van der Waals surface area contributed by atoms with Gasteiger partial charge in [0.05, 0.1) is 12.1 Å². The third-order valence-electron chi connectivity index (χ3n) is 2.20. The van der Waals surface area contributed by atoms with Crippen molar-refractivity contribution >= 4 is 10.9 Å². The Morgan fingerprint density at radius 3 is 2.77 bits per heavy atom. The summed E-state index contributed by atoms with van der Waals surface area (Å²) >= 11 is 0. The first-order chi connectivity index (χ1) is 6.33. The molecule has 0 spiro atoms. The van der Waals surface area contributed by atoms with Crippen LogP contribution in [-0.2, 0) is 7.05 Å². The van der Waals surface area contributed by atoms with Crippen molar-refractivity contribution in [3.8, 4) is 5.88 Å².